The van der Waals surface area contributed by atoms with Crippen LogP contribution < -0.4 is 20.9 Å². The quantitative estimate of drug-likeness (QED) is 0.187. The second-order valence-electron chi connectivity index (χ2n) is 9.37. The van der Waals surface area contributed by atoms with Crippen LogP contribution in [0.1, 0.15) is 36.1 Å². The molecule has 0 saturated carbocycles. The maximum absolute atomic E-state index is 13.1. The minimum Gasteiger partial charge on any atom is -0.457 e. The summed E-state index contributed by atoms with van der Waals surface area (Å²) >= 11 is 0. The molecule has 4 aromatic carbocycles. The summed E-state index contributed by atoms with van der Waals surface area (Å²) in [5, 5.41) is 0. The average molecular weight is 547 g/mol. The standard InChI is InChI=1S/C29H24F6N2O2/c1-27(2,17-3-7-19(8-4-17)38-21-11-13-25(36)23(15-21)28(30,31)32)18-5-9-20(10-6-18)39-22-12-14-26(37)24(16-22)29(33,34)35/h3-16H,36-37H2,1-2H3. The molecule has 0 saturated heterocycles. The Hall–Kier alpha value is -4.34. The first-order valence-electron chi connectivity index (χ1n) is 11.6. The van der Waals surface area contributed by atoms with Crippen molar-refractivity contribution in [3.05, 3.63) is 107 Å². The molecular formula is C29H24F6N2O2. The molecule has 0 radical (unpaired) electrons. The number of nitrogen functional groups attached to an aromatic ring is 2. The van der Waals surface area contributed by atoms with E-state index in [1.54, 1.807) is 48.5 Å². The van der Waals surface area contributed by atoms with E-state index in [2.05, 4.69) is 0 Å². The van der Waals surface area contributed by atoms with E-state index in [0.29, 0.717) is 11.5 Å². The predicted octanol–water partition coefficient (Wildman–Crippen LogP) is 8.80. The number of rotatable bonds is 6. The highest BCUT2D eigenvalue weighted by Gasteiger charge is 2.34. The first-order valence-corrected chi connectivity index (χ1v) is 11.6. The van der Waals surface area contributed by atoms with Crippen LogP contribution in [0, 0.1) is 0 Å². The highest BCUT2D eigenvalue weighted by atomic mass is 19.4. The van der Waals surface area contributed by atoms with E-state index in [0.717, 1.165) is 35.4 Å². The van der Waals surface area contributed by atoms with Gasteiger partial charge < -0.3 is 20.9 Å². The molecular weight excluding hydrogens is 522 g/mol. The Bertz CT molecular complexity index is 1350. The van der Waals surface area contributed by atoms with Gasteiger partial charge in [0.15, 0.2) is 0 Å². The van der Waals surface area contributed by atoms with E-state index < -0.39 is 28.9 Å². The fourth-order valence-corrected chi connectivity index (χ4v) is 4.01. The fraction of sp³-hybridized carbons (Fsp3) is 0.172. The van der Waals surface area contributed by atoms with Crippen molar-refractivity contribution in [2.75, 3.05) is 11.5 Å². The molecule has 39 heavy (non-hydrogen) atoms. The molecule has 0 unspecified atom stereocenters. The molecule has 0 aliphatic rings. The third kappa shape index (κ3) is 6.22. The van der Waals surface area contributed by atoms with Crippen LogP contribution in [-0.4, -0.2) is 0 Å². The summed E-state index contributed by atoms with van der Waals surface area (Å²) in [4.78, 5) is 0. The molecule has 204 valence electrons. The minimum atomic E-state index is -4.60. The first-order chi connectivity index (χ1) is 18.1. The molecule has 0 aliphatic carbocycles. The second kappa shape index (κ2) is 10.1. The number of halogens is 6. The van der Waals surface area contributed by atoms with E-state index in [1.165, 1.54) is 12.1 Å². The molecule has 4 aromatic rings. The van der Waals surface area contributed by atoms with Gasteiger partial charge in [-0.1, -0.05) is 38.1 Å². The Balaban J connectivity index is 1.48. The van der Waals surface area contributed by atoms with Gasteiger partial charge in [-0.15, -0.1) is 0 Å². The van der Waals surface area contributed by atoms with Crippen molar-refractivity contribution in [1.82, 2.24) is 0 Å². The molecule has 4 rings (SSSR count). The first kappa shape index (κ1) is 27.7. The molecule has 4 nitrogen and oxygen atoms in total. The zero-order valence-corrected chi connectivity index (χ0v) is 20.8. The van der Waals surface area contributed by atoms with Crippen LogP contribution >= 0.6 is 0 Å². The lowest BCUT2D eigenvalue weighted by Crippen LogP contribution is -2.18. The minimum absolute atomic E-state index is 0.00239. The number of hydrogen-bond acceptors (Lipinski definition) is 4. The fourth-order valence-electron chi connectivity index (χ4n) is 4.01. The maximum atomic E-state index is 13.1. The number of anilines is 2. The van der Waals surface area contributed by atoms with Crippen molar-refractivity contribution < 1.29 is 35.8 Å². The van der Waals surface area contributed by atoms with Crippen LogP contribution in [0.5, 0.6) is 23.0 Å². The normalized spacial score (nSPS) is 12.3. The number of benzene rings is 4. The SMILES string of the molecule is CC(C)(c1ccc(Oc2ccc(N)c(C(F)(F)F)c2)cc1)c1ccc(Oc2ccc(N)c(C(F)(F)F)c2)cc1. The lowest BCUT2D eigenvalue weighted by molar-refractivity contribution is -0.137. The summed E-state index contributed by atoms with van der Waals surface area (Å²) in [5.41, 5.74) is 9.46. The molecule has 0 aromatic heterocycles. The van der Waals surface area contributed by atoms with Gasteiger partial charge in [0.05, 0.1) is 11.1 Å². The van der Waals surface area contributed by atoms with Gasteiger partial charge in [0.2, 0.25) is 0 Å². The largest absolute Gasteiger partial charge is 0.457 e. The summed E-state index contributed by atoms with van der Waals surface area (Å²) in [6.07, 6.45) is -9.20. The maximum Gasteiger partial charge on any atom is 0.418 e. The Morgan fingerprint density at radius 3 is 1.10 bits per heavy atom. The van der Waals surface area contributed by atoms with Crippen molar-refractivity contribution in [2.45, 2.75) is 31.6 Å². The summed E-state index contributed by atoms with van der Waals surface area (Å²) < 4.78 is 90.0. The smallest absolute Gasteiger partial charge is 0.418 e. The number of ether oxygens (including phenoxy) is 2. The zero-order valence-electron chi connectivity index (χ0n) is 20.8. The Kier molecular flexibility index (Phi) is 7.16. The van der Waals surface area contributed by atoms with Crippen molar-refractivity contribution in [3.8, 4) is 23.0 Å². The Morgan fingerprint density at radius 2 is 0.795 bits per heavy atom. The average Bonchev–Trinajstić information content (AvgIpc) is 2.86. The summed E-state index contributed by atoms with van der Waals surface area (Å²) in [6, 6.07) is 20.5. The predicted molar refractivity (Wildman–Crippen MR) is 137 cm³/mol. The molecule has 0 spiro atoms. The highest BCUT2D eigenvalue weighted by Crippen LogP contribution is 2.39. The Morgan fingerprint density at radius 1 is 0.487 bits per heavy atom. The summed E-state index contributed by atoms with van der Waals surface area (Å²) in [7, 11) is 0. The van der Waals surface area contributed by atoms with E-state index in [1.807, 2.05) is 13.8 Å². The molecule has 0 fully saturated rings. The lowest BCUT2D eigenvalue weighted by Gasteiger charge is -2.26. The van der Waals surface area contributed by atoms with Gasteiger partial charge in [0.25, 0.3) is 0 Å². The molecule has 0 aliphatic heterocycles. The monoisotopic (exact) mass is 546 g/mol. The lowest BCUT2D eigenvalue weighted by atomic mass is 9.78. The highest BCUT2D eigenvalue weighted by molar-refractivity contribution is 5.54. The van der Waals surface area contributed by atoms with Gasteiger partial charge in [-0.3, -0.25) is 0 Å². The van der Waals surface area contributed by atoms with Crippen LogP contribution in [0.2, 0.25) is 0 Å². The van der Waals surface area contributed by atoms with E-state index >= 15 is 0 Å². The second-order valence-corrected chi connectivity index (χ2v) is 9.37. The third-order valence-electron chi connectivity index (χ3n) is 6.28. The molecule has 0 atom stereocenters. The van der Waals surface area contributed by atoms with Crippen LogP contribution in [0.25, 0.3) is 0 Å². The van der Waals surface area contributed by atoms with Gasteiger partial charge in [-0.2, -0.15) is 26.3 Å². The molecule has 4 N–H and O–H groups in total. The van der Waals surface area contributed by atoms with Crippen LogP contribution in [0.15, 0.2) is 84.9 Å². The van der Waals surface area contributed by atoms with E-state index in [-0.39, 0.29) is 22.9 Å². The molecule has 10 heteroatoms. The number of alkyl halides is 6. The van der Waals surface area contributed by atoms with Gasteiger partial charge in [0, 0.05) is 16.8 Å². The topological polar surface area (TPSA) is 70.5 Å². The summed E-state index contributed by atoms with van der Waals surface area (Å²) in [6.45, 7) is 3.95. The van der Waals surface area contributed by atoms with E-state index in [9.17, 15) is 26.3 Å². The molecule has 0 amide bonds. The van der Waals surface area contributed by atoms with Crippen LogP contribution in [0.4, 0.5) is 37.7 Å². The van der Waals surface area contributed by atoms with E-state index in [4.69, 9.17) is 20.9 Å². The Labute approximate surface area is 220 Å². The van der Waals surface area contributed by atoms with Gasteiger partial charge in [-0.25, -0.2) is 0 Å². The number of hydrogen-bond donors (Lipinski definition) is 2. The number of nitrogens with two attached hydrogens (primary N) is 2. The molecule has 0 heterocycles. The van der Waals surface area contributed by atoms with Gasteiger partial charge in [0.1, 0.15) is 23.0 Å². The summed E-state index contributed by atoms with van der Waals surface area (Å²) in [5.74, 6) is 0.695. The van der Waals surface area contributed by atoms with Gasteiger partial charge >= 0.3 is 12.4 Å². The van der Waals surface area contributed by atoms with Crippen molar-refractivity contribution in [3.63, 3.8) is 0 Å². The van der Waals surface area contributed by atoms with Crippen LogP contribution in [0.3, 0.4) is 0 Å². The molecule has 0 bridgehead atoms. The van der Waals surface area contributed by atoms with Gasteiger partial charge in [-0.05, 0) is 71.8 Å². The van der Waals surface area contributed by atoms with Crippen molar-refractivity contribution in [2.24, 2.45) is 0 Å². The van der Waals surface area contributed by atoms with Crippen molar-refractivity contribution in [1.29, 1.82) is 0 Å². The third-order valence-corrected chi connectivity index (χ3v) is 6.28. The van der Waals surface area contributed by atoms with Crippen molar-refractivity contribution >= 4 is 11.4 Å². The zero-order chi connectivity index (χ0) is 28.6. The van der Waals surface area contributed by atoms with Crippen LogP contribution in [-0.2, 0) is 17.8 Å².